The van der Waals surface area contributed by atoms with Crippen LogP contribution in [0.15, 0.2) is 60.9 Å². The molecule has 3 N–H and O–H groups in total. The zero-order valence-corrected chi connectivity index (χ0v) is 22.1. The highest BCUT2D eigenvalue weighted by Crippen LogP contribution is 2.39. The van der Waals surface area contributed by atoms with Crippen molar-refractivity contribution in [2.75, 3.05) is 49.7 Å². The van der Waals surface area contributed by atoms with E-state index in [9.17, 15) is 4.79 Å². The lowest BCUT2D eigenvalue weighted by molar-refractivity contribution is 0.262. The van der Waals surface area contributed by atoms with Crippen LogP contribution in [0, 0.1) is 0 Å². The fourth-order valence-corrected chi connectivity index (χ4v) is 5.80. The summed E-state index contributed by atoms with van der Waals surface area (Å²) in [6.07, 6.45) is 3.69. The van der Waals surface area contributed by atoms with Gasteiger partial charge < -0.3 is 20.9 Å². The average molecular weight is 516 g/mol. The van der Waals surface area contributed by atoms with Gasteiger partial charge in [-0.2, -0.15) is 0 Å². The summed E-state index contributed by atoms with van der Waals surface area (Å²) in [5.41, 5.74) is 4.09. The number of rotatable bonds is 10. The van der Waals surface area contributed by atoms with Gasteiger partial charge in [-0.1, -0.05) is 30.3 Å². The molecule has 1 aliphatic heterocycles. The first-order valence-corrected chi connectivity index (χ1v) is 13.4. The standard InChI is InChI=1S/C28H33N7OS/c1-34(2)15-6-16-35-17-23-24(18-35)37-27-25(23)26(30-19-31-27)29-14-13-20-9-11-22(12-10-20)33-28(36)32-21-7-4-3-5-8-21/h3-5,7-12,19H,6,13-18H2,1-2H3,(H,29,30,31)(H2,32,33,36). The van der Waals surface area contributed by atoms with E-state index in [4.69, 9.17) is 0 Å². The van der Waals surface area contributed by atoms with E-state index >= 15 is 0 Å². The molecular formula is C28H33N7OS. The first kappa shape index (κ1) is 25.1. The summed E-state index contributed by atoms with van der Waals surface area (Å²) in [6, 6.07) is 17.1. The Kier molecular flexibility index (Phi) is 7.93. The van der Waals surface area contributed by atoms with E-state index < -0.39 is 0 Å². The molecule has 4 aromatic rings. The topological polar surface area (TPSA) is 85.4 Å². The van der Waals surface area contributed by atoms with Crippen LogP contribution in [0.5, 0.6) is 0 Å². The third-order valence-electron chi connectivity index (χ3n) is 6.45. The summed E-state index contributed by atoms with van der Waals surface area (Å²) >= 11 is 1.80. The number of thiophene rings is 1. The number of hydrogen-bond donors (Lipinski definition) is 3. The molecule has 0 saturated heterocycles. The molecule has 0 atom stereocenters. The Morgan fingerprint density at radius 2 is 1.76 bits per heavy atom. The molecule has 1 aliphatic rings. The van der Waals surface area contributed by atoms with Gasteiger partial charge in [0, 0.05) is 42.4 Å². The van der Waals surface area contributed by atoms with Crippen molar-refractivity contribution in [1.82, 2.24) is 19.8 Å². The predicted octanol–water partition coefficient (Wildman–Crippen LogP) is 5.26. The van der Waals surface area contributed by atoms with Gasteiger partial charge in [-0.15, -0.1) is 11.3 Å². The molecule has 192 valence electrons. The summed E-state index contributed by atoms with van der Waals surface area (Å²) < 4.78 is 0. The van der Waals surface area contributed by atoms with Crippen LogP contribution in [0.2, 0.25) is 0 Å². The third-order valence-corrected chi connectivity index (χ3v) is 7.57. The molecule has 2 amide bonds. The van der Waals surface area contributed by atoms with Crippen molar-refractivity contribution in [3.8, 4) is 0 Å². The quantitative estimate of drug-likeness (QED) is 0.267. The minimum absolute atomic E-state index is 0.257. The van der Waals surface area contributed by atoms with E-state index in [1.807, 2.05) is 54.6 Å². The molecule has 2 aromatic heterocycles. The van der Waals surface area contributed by atoms with Crippen LogP contribution in [0.1, 0.15) is 22.4 Å². The maximum absolute atomic E-state index is 12.2. The summed E-state index contributed by atoms with van der Waals surface area (Å²) in [4.78, 5) is 28.6. The minimum atomic E-state index is -0.257. The minimum Gasteiger partial charge on any atom is -0.369 e. The van der Waals surface area contributed by atoms with Gasteiger partial charge in [0.15, 0.2) is 0 Å². The van der Waals surface area contributed by atoms with Crippen molar-refractivity contribution in [2.24, 2.45) is 0 Å². The Morgan fingerprint density at radius 1 is 1.00 bits per heavy atom. The van der Waals surface area contributed by atoms with Gasteiger partial charge in [-0.25, -0.2) is 14.8 Å². The SMILES string of the molecule is CN(C)CCCN1Cc2sc3ncnc(NCCc4ccc(NC(=O)Nc5ccccc5)cc4)c3c2C1. The predicted molar refractivity (Wildman–Crippen MR) is 152 cm³/mol. The summed E-state index contributed by atoms with van der Waals surface area (Å²) in [7, 11) is 4.25. The number of benzene rings is 2. The number of fused-ring (bicyclic) bond motifs is 3. The monoisotopic (exact) mass is 515 g/mol. The number of anilines is 3. The fourth-order valence-electron chi connectivity index (χ4n) is 4.61. The second-order valence-electron chi connectivity index (χ2n) is 9.59. The molecule has 0 radical (unpaired) electrons. The number of hydrogen-bond acceptors (Lipinski definition) is 7. The van der Waals surface area contributed by atoms with Crippen molar-refractivity contribution >= 4 is 44.8 Å². The molecule has 0 unspecified atom stereocenters. The number of carbonyl (C=O) groups is 1. The Labute approximate surface area is 221 Å². The maximum Gasteiger partial charge on any atom is 0.323 e. The first-order valence-electron chi connectivity index (χ1n) is 12.6. The fraction of sp³-hybridized carbons (Fsp3) is 0.321. The van der Waals surface area contributed by atoms with E-state index in [2.05, 4.69) is 49.8 Å². The van der Waals surface area contributed by atoms with Crippen LogP contribution >= 0.6 is 11.3 Å². The van der Waals surface area contributed by atoms with Crippen molar-refractivity contribution in [3.63, 3.8) is 0 Å². The van der Waals surface area contributed by atoms with Gasteiger partial charge in [0.1, 0.15) is 17.0 Å². The van der Waals surface area contributed by atoms with Crippen LogP contribution in [0.25, 0.3) is 10.2 Å². The van der Waals surface area contributed by atoms with Gasteiger partial charge in [0.25, 0.3) is 0 Å². The second kappa shape index (κ2) is 11.7. The van der Waals surface area contributed by atoms with Crippen LogP contribution in [-0.2, 0) is 19.5 Å². The smallest absolute Gasteiger partial charge is 0.323 e. The van der Waals surface area contributed by atoms with Gasteiger partial charge in [0.2, 0.25) is 0 Å². The zero-order valence-electron chi connectivity index (χ0n) is 21.3. The molecule has 9 heteroatoms. The highest BCUT2D eigenvalue weighted by Gasteiger charge is 2.26. The van der Waals surface area contributed by atoms with Crippen molar-refractivity contribution < 1.29 is 4.79 Å². The second-order valence-corrected chi connectivity index (χ2v) is 10.7. The lowest BCUT2D eigenvalue weighted by Gasteiger charge is -2.17. The number of para-hydroxylation sites is 1. The van der Waals surface area contributed by atoms with E-state index in [0.29, 0.717) is 0 Å². The molecule has 0 saturated carbocycles. The molecule has 0 fully saturated rings. The maximum atomic E-state index is 12.2. The number of carbonyl (C=O) groups excluding carboxylic acids is 1. The molecule has 0 bridgehead atoms. The Bertz CT molecular complexity index is 1340. The van der Waals surface area contributed by atoms with Gasteiger partial charge in [-0.05, 0) is 68.9 Å². The summed E-state index contributed by atoms with van der Waals surface area (Å²) in [6.45, 7) is 4.96. The number of amides is 2. The molecule has 37 heavy (non-hydrogen) atoms. The van der Waals surface area contributed by atoms with E-state index in [1.54, 1.807) is 17.7 Å². The van der Waals surface area contributed by atoms with Crippen molar-refractivity contribution in [3.05, 3.63) is 76.9 Å². The normalized spacial score (nSPS) is 13.2. The number of nitrogens with zero attached hydrogens (tertiary/aromatic N) is 4. The van der Waals surface area contributed by atoms with E-state index in [1.165, 1.54) is 27.8 Å². The molecule has 0 spiro atoms. The number of urea groups is 1. The van der Waals surface area contributed by atoms with Crippen LogP contribution in [0.3, 0.4) is 0 Å². The summed E-state index contributed by atoms with van der Waals surface area (Å²) in [5, 5.41) is 10.4. The largest absolute Gasteiger partial charge is 0.369 e. The Hall–Kier alpha value is -3.53. The average Bonchev–Trinajstić information content (AvgIpc) is 3.43. The van der Waals surface area contributed by atoms with Gasteiger partial charge >= 0.3 is 6.03 Å². The molecule has 5 rings (SSSR count). The van der Waals surface area contributed by atoms with Crippen LogP contribution in [-0.4, -0.2) is 59.5 Å². The highest BCUT2D eigenvalue weighted by atomic mass is 32.1. The lowest BCUT2D eigenvalue weighted by Crippen LogP contribution is -2.22. The lowest BCUT2D eigenvalue weighted by atomic mass is 10.1. The third kappa shape index (κ3) is 6.43. The van der Waals surface area contributed by atoms with E-state index in [0.717, 1.165) is 61.2 Å². The van der Waals surface area contributed by atoms with E-state index in [-0.39, 0.29) is 6.03 Å². The van der Waals surface area contributed by atoms with Gasteiger partial charge in [0.05, 0.1) is 5.39 Å². The molecule has 3 heterocycles. The van der Waals surface area contributed by atoms with Crippen LogP contribution in [0.4, 0.5) is 22.0 Å². The number of nitrogens with one attached hydrogen (secondary N) is 3. The Morgan fingerprint density at radius 3 is 2.51 bits per heavy atom. The molecule has 0 aliphatic carbocycles. The molecule has 2 aromatic carbocycles. The van der Waals surface area contributed by atoms with Crippen molar-refractivity contribution in [1.29, 1.82) is 0 Å². The first-order chi connectivity index (χ1) is 18.0. The zero-order chi connectivity index (χ0) is 25.6. The highest BCUT2D eigenvalue weighted by molar-refractivity contribution is 7.19. The summed E-state index contributed by atoms with van der Waals surface area (Å²) in [5.74, 6) is 0.925. The van der Waals surface area contributed by atoms with Crippen molar-refractivity contribution in [2.45, 2.75) is 25.9 Å². The Balaban J connectivity index is 1.14. The number of aromatic nitrogens is 2. The molecular weight excluding hydrogens is 482 g/mol. The van der Waals surface area contributed by atoms with Crippen LogP contribution < -0.4 is 16.0 Å². The van der Waals surface area contributed by atoms with Gasteiger partial charge in [-0.3, -0.25) is 4.90 Å². The molecule has 8 nitrogen and oxygen atoms in total.